The maximum absolute atomic E-state index is 12.1. The van der Waals surface area contributed by atoms with Crippen molar-refractivity contribution in [3.8, 4) is 0 Å². The van der Waals surface area contributed by atoms with E-state index in [0.29, 0.717) is 0 Å². The van der Waals surface area contributed by atoms with E-state index < -0.39 is 33.5 Å². The number of halogens is 3. The Balaban J connectivity index is 2.20. The number of sulfone groups is 1. The molecule has 10 heteroatoms. The number of alkyl halides is 3. The molecular weight excluding hydrogens is 275 g/mol. The van der Waals surface area contributed by atoms with Crippen LogP contribution in [0.5, 0.6) is 0 Å². The van der Waals surface area contributed by atoms with Gasteiger partial charge in [0.05, 0.1) is 23.7 Å². The lowest BCUT2D eigenvalue weighted by Gasteiger charge is -2.05. The highest BCUT2D eigenvalue weighted by atomic mass is 32.2. The molecule has 0 amide bonds. The minimum atomic E-state index is -5.01. The van der Waals surface area contributed by atoms with Crippen molar-refractivity contribution < 1.29 is 26.4 Å². The maximum Gasteiger partial charge on any atom is 0.456 e. The zero-order chi connectivity index (χ0) is 13.6. The fourth-order valence-electron chi connectivity index (χ4n) is 1.69. The van der Waals surface area contributed by atoms with Crippen LogP contribution in [-0.4, -0.2) is 46.9 Å². The fourth-order valence-corrected chi connectivity index (χ4v) is 3.39. The molecule has 1 fully saturated rings. The molecule has 1 aromatic heterocycles. The molecule has 0 aromatic carbocycles. The van der Waals surface area contributed by atoms with Gasteiger partial charge in [-0.05, 0) is 6.42 Å². The molecule has 2 heterocycles. The van der Waals surface area contributed by atoms with Crippen molar-refractivity contribution in [1.82, 2.24) is 15.0 Å². The van der Waals surface area contributed by atoms with Crippen molar-refractivity contribution in [3.05, 3.63) is 11.9 Å². The van der Waals surface area contributed by atoms with E-state index in [9.17, 15) is 26.4 Å². The van der Waals surface area contributed by atoms with Crippen LogP contribution in [-0.2, 0) is 9.84 Å². The van der Waals surface area contributed by atoms with Gasteiger partial charge in [-0.2, -0.15) is 13.2 Å². The molecule has 1 atom stereocenters. The predicted molar refractivity (Wildman–Crippen MR) is 52.7 cm³/mol. The topological polar surface area (TPSA) is 81.9 Å². The molecule has 18 heavy (non-hydrogen) atoms. The van der Waals surface area contributed by atoms with Crippen LogP contribution in [0.15, 0.2) is 6.20 Å². The zero-order valence-electron chi connectivity index (χ0n) is 8.88. The van der Waals surface area contributed by atoms with E-state index in [4.69, 9.17) is 0 Å². The summed E-state index contributed by atoms with van der Waals surface area (Å²) in [6.45, 7) is 0. The number of carbonyl (C=O) groups is 1. The average molecular weight is 283 g/mol. The van der Waals surface area contributed by atoms with Gasteiger partial charge in [-0.25, -0.2) is 13.1 Å². The molecule has 1 aliphatic heterocycles. The highest BCUT2D eigenvalue weighted by molar-refractivity contribution is 7.91. The summed E-state index contributed by atoms with van der Waals surface area (Å²) in [7, 11) is -3.18. The maximum atomic E-state index is 12.1. The van der Waals surface area contributed by atoms with Crippen LogP contribution in [0.4, 0.5) is 13.2 Å². The van der Waals surface area contributed by atoms with Gasteiger partial charge in [0.1, 0.15) is 0 Å². The van der Waals surface area contributed by atoms with Crippen molar-refractivity contribution in [3.63, 3.8) is 0 Å². The van der Waals surface area contributed by atoms with E-state index in [0.717, 1.165) is 10.9 Å². The first-order valence-corrected chi connectivity index (χ1v) is 6.75. The molecule has 0 bridgehead atoms. The molecule has 1 aromatic rings. The molecule has 0 aliphatic carbocycles. The van der Waals surface area contributed by atoms with Gasteiger partial charge in [0.25, 0.3) is 5.78 Å². The Morgan fingerprint density at radius 2 is 2.11 bits per heavy atom. The van der Waals surface area contributed by atoms with E-state index >= 15 is 0 Å². The molecule has 0 saturated carbocycles. The van der Waals surface area contributed by atoms with Crippen molar-refractivity contribution in [1.29, 1.82) is 0 Å². The number of aromatic nitrogens is 3. The van der Waals surface area contributed by atoms with E-state index in [2.05, 4.69) is 10.3 Å². The molecule has 0 N–H and O–H groups in total. The zero-order valence-corrected chi connectivity index (χ0v) is 9.70. The Bertz CT molecular complexity index is 578. The molecule has 2 rings (SSSR count). The summed E-state index contributed by atoms with van der Waals surface area (Å²) in [5.41, 5.74) is -0.827. The summed E-state index contributed by atoms with van der Waals surface area (Å²) in [6, 6.07) is -0.558. The molecule has 1 aliphatic rings. The van der Waals surface area contributed by atoms with E-state index in [1.54, 1.807) is 0 Å². The van der Waals surface area contributed by atoms with Gasteiger partial charge in [0, 0.05) is 0 Å². The lowest BCUT2D eigenvalue weighted by atomic mass is 10.2. The normalized spacial score (nSPS) is 23.2. The van der Waals surface area contributed by atoms with Crippen LogP contribution >= 0.6 is 0 Å². The van der Waals surface area contributed by atoms with Crippen LogP contribution in [0.25, 0.3) is 0 Å². The lowest BCUT2D eigenvalue weighted by Crippen LogP contribution is -2.23. The minimum absolute atomic E-state index is 0.0416. The average Bonchev–Trinajstić information content (AvgIpc) is 2.81. The Morgan fingerprint density at radius 3 is 2.61 bits per heavy atom. The van der Waals surface area contributed by atoms with Crippen molar-refractivity contribution in [2.45, 2.75) is 18.6 Å². The van der Waals surface area contributed by atoms with Crippen LogP contribution < -0.4 is 0 Å². The SMILES string of the molecule is O=C(c1cn(C2CCS(=O)(=O)C2)nn1)C(F)(F)F. The number of hydrogen-bond donors (Lipinski definition) is 0. The first-order chi connectivity index (χ1) is 8.19. The minimum Gasteiger partial charge on any atom is -0.282 e. The van der Waals surface area contributed by atoms with Gasteiger partial charge in [0.2, 0.25) is 0 Å². The van der Waals surface area contributed by atoms with Gasteiger partial charge in [0.15, 0.2) is 15.5 Å². The Kier molecular flexibility index (Phi) is 2.92. The van der Waals surface area contributed by atoms with Crippen LogP contribution in [0, 0.1) is 0 Å². The largest absolute Gasteiger partial charge is 0.456 e. The van der Waals surface area contributed by atoms with Gasteiger partial charge >= 0.3 is 6.18 Å². The van der Waals surface area contributed by atoms with Crippen molar-refractivity contribution >= 4 is 15.6 Å². The van der Waals surface area contributed by atoms with Crippen molar-refractivity contribution in [2.75, 3.05) is 11.5 Å². The van der Waals surface area contributed by atoms with Crippen molar-refractivity contribution in [2.24, 2.45) is 0 Å². The van der Waals surface area contributed by atoms with Gasteiger partial charge < -0.3 is 0 Å². The molecule has 0 radical (unpaired) electrons. The van der Waals surface area contributed by atoms with Crippen LogP contribution in [0.2, 0.25) is 0 Å². The second kappa shape index (κ2) is 4.04. The first kappa shape index (κ1) is 13.0. The standard InChI is InChI=1S/C8H8F3N3O3S/c9-8(10,11)7(15)6-3-14(13-12-6)5-1-2-18(16,17)4-5/h3,5H,1-2,4H2. The number of Topliss-reactive ketones (excluding diaryl/α,β-unsaturated/α-hetero) is 1. The second-order valence-electron chi connectivity index (χ2n) is 3.97. The van der Waals surface area contributed by atoms with Gasteiger partial charge in [-0.1, -0.05) is 5.21 Å². The Morgan fingerprint density at radius 1 is 1.44 bits per heavy atom. The third-order valence-corrected chi connectivity index (χ3v) is 4.33. The summed E-state index contributed by atoms with van der Waals surface area (Å²) in [4.78, 5) is 10.9. The molecule has 0 spiro atoms. The third kappa shape index (κ3) is 2.52. The first-order valence-electron chi connectivity index (χ1n) is 4.93. The van der Waals surface area contributed by atoms with Gasteiger partial charge in [-0.15, -0.1) is 5.10 Å². The number of hydrogen-bond acceptors (Lipinski definition) is 5. The van der Waals surface area contributed by atoms with E-state index in [-0.39, 0.29) is 17.9 Å². The molecule has 100 valence electrons. The molecule has 1 saturated heterocycles. The summed E-state index contributed by atoms with van der Waals surface area (Å²) >= 11 is 0. The predicted octanol–water partition coefficient (Wildman–Crippen LogP) is 0.383. The number of carbonyl (C=O) groups excluding carboxylic acids is 1. The Labute approximate surface area is 99.7 Å². The summed E-state index contributed by atoms with van der Waals surface area (Å²) in [6.07, 6.45) is -3.92. The quantitative estimate of drug-likeness (QED) is 0.733. The highest BCUT2D eigenvalue weighted by Gasteiger charge is 2.41. The Hall–Kier alpha value is -1.45. The smallest absolute Gasteiger partial charge is 0.282 e. The van der Waals surface area contributed by atoms with E-state index in [1.807, 2.05) is 0 Å². The molecule has 1 unspecified atom stereocenters. The van der Waals surface area contributed by atoms with Crippen LogP contribution in [0.1, 0.15) is 23.0 Å². The number of ketones is 1. The van der Waals surface area contributed by atoms with E-state index in [1.165, 1.54) is 0 Å². The monoisotopic (exact) mass is 283 g/mol. The molecular formula is C8H8F3N3O3S. The summed E-state index contributed by atoms with van der Waals surface area (Å²) < 4.78 is 59.8. The van der Waals surface area contributed by atoms with Gasteiger partial charge in [-0.3, -0.25) is 4.79 Å². The fraction of sp³-hybridized carbons (Fsp3) is 0.625. The summed E-state index contributed by atoms with van der Waals surface area (Å²) in [5.74, 6) is -2.33. The number of rotatable bonds is 2. The number of nitrogens with zero attached hydrogens (tertiary/aromatic N) is 3. The second-order valence-corrected chi connectivity index (χ2v) is 6.20. The summed E-state index contributed by atoms with van der Waals surface area (Å²) in [5, 5.41) is 6.50. The third-order valence-electron chi connectivity index (χ3n) is 2.58. The highest BCUT2D eigenvalue weighted by Crippen LogP contribution is 2.24. The molecule has 6 nitrogen and oxygen atoms in total. The van der Waals surface area contributed by atoms with Crippen LogP contribution in [0.3, 0.4) is 0 Å². The lowest BCUT2D eigenvalue weighted by molar-refractivity contribution is -0.0888.